The fraction of sp³-hybridized carbons (Fsp3) is 0.864. The summed E-state index contributed by atoms with van der Waals surface area (Å²) in [6.07, 6.45) is 16.1. The molecule has 0 spiro atoms. The molecule has 0 aromatic carbocycles. The van der Waals surface area contributed by atoms with E-state index in [0.717, 1.165) is 64.2 Å². The molecule has 0 unspecified atom stereocenters. The molecule has 3 N–H and O–H groups in total. The maximum absolute atomic E-state index is 11.7. The van der Waals surface area contributed by atoms with E-state index in [1.807, 2.05) is 0 Å². The summed E-state index contributed by atoms with van der Waals surface area (Å²) in [5.74, 6) is -0.858. The topological polar surface area (TPSA) is 95.5 Å². The largest absolute Gasteiger partial charge is 0.481 e. The molecule has 0 aliphatic rings. The van der Waals surface area contributed by atoms with Crippen molar-refractivity contribution in [3.63, 3.8) is 0 Å². The number of rotatable bonds is 20. The van der Waals surface area contributed by atoms with Crippen molar-refractivity contribution >= 4 is 17.8 Å². The predicted molar refractivity (Wildman–Crippen MR) is 113 cm³/mol. The number of carbonyl (C=O) groups excluding carboxylic acids is 2. The van der Waals surface area contributed by atoms with E-state index >= 15 is 0 Å². The van der Waals surface area contributed by atoms with Gasteiger partial charge >= 0.3 is 5.97 Å². The number of amides is 2. The van der Waals surface area contributed by atoms with Crippen molar-refractivity contribution in [1.82, 2.24) is 10.6 Å². The van der Waals surface area contributed by atoms with Gasteiger partial charge in [0.15, 0.2) is 0 Å². The third-order valence-electron chi connectivity index (χ3n) is 4.84. The molecule has 0 aliphatic heterocycles. The van der Waals surface area contributed by atoms with E-state index in [9.17, 15) is 14.4 Å². The van der Waals surface area contributed by atoms with Gasteiger partial charge in [0, 0.05) is 19.4 Å². The predicted octanol–water partition coefficient (Wildman–Crippen LogP) is 4.56. The van der Waals surface area contributed by atoms with Crippen LogP contribution >= 0.6 is 0 Å². The molecule has 0 bridgehead atoms. The number of carboxylic acids is 1. The van der Waals surface area contributed by atoms with E-state index in [2.05, 4.69) is 17.6 Å². The van der Waals surface area contributed by atoms with Crippen LogP contribution in [0.3, 0.4) is 0 Å². The summed E-state index contributed by atoms with van der Waals surface area (Å²) >= 11 is 0. The minimum absolute atomic E-state index is 0.0333. The number of hydrogen-bond acceptors (Lipinski definition) is 3. The van der Waals surface area contributed by atoms with Crippen molar-refractivity contribution in [1.29, 1.82) is 0 Å². The minimum atomic E-state index is -0.709. The number of hydrogen-bond donors (Lipinski definition) is 3. The van der Waals surface area contributed by atoms with E-state index in [-0.39, 0.29) is 24.8 Å². The molecular formula is C22H42N2O4. The fourth-order valence-corrected chi connectivity index (χ4v) is 3.09. The molecule has 6 heteroatoms. The maximum Gasteiger partial charge on any atom is 0.303 e. The molecule has 0 aromatic heterocycles. The van der Waals surface area contributed by atoms with E-state index < -0.39 is 5.97 Å². The summed E-state index contributed by atoms with van der Waals surface area (Å²) in [5.41, 5.74) is 0. The molecule has 164 valence electrons. The molecule has 0 saturated heterocycles. The molecule has 0 saturated carbocycles. The molecule has 0 aromatic rings. The molecule has 6 nitrogen and oxygen atoms in total. The summed E-state index contributed by atoms with van der Waals surface area (Å²) in [4.78, 5) is 33.8. The highest BCUT2D eigenvalue weighted by atomic mass is 16.4. The van der Waals surface area contributed by atoms with Crippen LogP contribution in [0.25, 0.3) is 0 Å². The molecule has 0 rings (SSSR count). The van der Waals surface area contributed by atoms with Gasteiger partial charge in [0.1, 0.15) is 0 Å². The highest BCUT2D eigenvalue weighted by Crippen LogP contribution is 2.09. The Morgan fingerprint density at radius 1 is 0.607 bits per heavy atom. The van der Waals surface area contributed by atoms with Gasteiger partial charge in [0.2, 0.25) is 11.8 Å². The van der Waals surface area contributed by atoms with Crippen LogP contribution < -0.4 is 10.6 Å². The lowest BCUT2D eigenvalue weighted by Crippen LogP contribution is -2.37. The quantitative estimate of drug-likeness (QED) is 0.262. The van der Waals surface area contributed by atoms with Gasteiger partial charge in [-0.15, -0.1) is 0 Å². The summed E-state index contributed by atoms with van der Waals surface area (Å²) in [6.45, 7) is 2.92. The maximum atomic E-state index is 11.7. The first kappa shape index (κ1) is 26.4. The second-order valence-electron chi connectivity index (χ2n) is 7.62. The van der Waals surface area contributed by atoms with Crippen LogP contribution in [0.4, 0.5) is 0 Å². The van der Waals surface area contributed by atoms with Crippen LogP contribution in [0, 0.1) is 0 Å². The molecule has 2 amide bonds. The standard InChI is InChI=1S/C22H42N2O4/c1-2-3-4-5-10-13-16-20(25)24-19-21(26)23-18-15-12-9-7-6-8-11-14-17-22(27)28/h2-19H2,1H3,(H,23,26)(H,24,25)(H,27,28). The number of carboxylic acid groups (broad SMARTS) is 1. The van der Waals surface area contributed by atoms with Crippen LogP contribution in [0.15, 0.2) is 0 Å². The molecule has 0 fully saturated rings. The Bertz CT molecular complexity index is 413. The number of aliphatic carboxylic acids is 1. The summed E-state index contributed by atoms with van der Waals surface area (Å²) in [7, 11) is 0. The Morgan fingerprint density at radius 2 is 1.11 bits per heavy atom. The van der Waals surface area contributed by atoms with Crippen molar-refractivity contribution < 1.29 is 19.5 Å². The van der Waals surface area contributed by atoms with Gasteiger partial charge in [-0.1, -0.05) is 77.6 Å². The second kappa shape index (κ2) is 20.2. The zero-order chi connectivity index (χ0) is 20.9. The minimum Gasteiger partial charge on any atom is -0.481 e. The van der Waals surface area contributed by atoms with Gasteiger partial charge in [-0.05, 0) is 19.3 Å². The number of unbranched alkanes of at least 4 members (excludes halogenated alkanes) is 12. The summed E-state index contributed by atoms with van der Waals surface area (Å²) in [6, 6.07) is 0. The van der Waals surface area contributed by atoms with Crippen molar-refractivity contribution in [3.8, 4) is 0 Å². The molecule has 0 atom stereocenters. The highest BCUT2D eigenvalue weighted by Gasteiger charge is 2.05. The fourth-order valence-electron chi connectivity index (χ4n) is 3.09. The molecule has 0 radical (unpaired) electrons. The van der Waals surface area contributed by atoms with Crippen molar-refractivity contribution in [2.45, 2.75) is 110 Å². The van der Waals surface area contributed by atoms with Crippen LogP contribution in [-0.4, -0.2) is 36.0 Å². The zero-order valence-corrected chi connectivity index (χ0v) is 17.9. The first-order valence-corrected chi connectivity index (χ1v) is 11.3. The van der Waals surface area contributed by atoms with Gasteiger partial charge in [-0.25, -0.2) is 0 Å². The van der Waals surface area contributed by atoms with Gasteiger partial charge in [0.05, 0.1) is 6.54 Å². The van der Waals surface area contributed by atoms with E-state index in [4.69, 9.17) is 5.11 Å². The van der Waals surface area contributed by atoms with Crippen molar-refractivity contribution in [2.75, 3.05) is 13.1 Å². The lowest BCUT2D eigenvalue weighted by Gasteiger charge is -2.07. The van der Waals surface area contributed by atoms with Gasteiger partial charge in [0.25, 0.3) is 0 Å². The molecule has 28 heavy (non-hydrogen) atoms. The van der Waals surface area contributed by atoms with Crippen LogP contribution in [0.2, 0.25) is 0 Å². The van der Waals surface area contributed by atoms with E-state index in [0.29, 0.717) is 13.0 Å². The van der Waals surface area contributed by atoms with Crippen LogP contribution in [0.1, 0.15) is 110 Å². The van der Waals surface area contributed by atoms with Crippen LogP contribution in [0.5, 0.6) is 0 Å². The first-order valence-electron chi connectivity index (χ1n) is 11.3. The smallest absolute Gasteiger partial charge is 0.303 e. The van der Waals surface area contributed by atoms with Crippen molar-refractivity contribution in [3.05, 3.63) is 0 Å². The Labute approximate surface area is 171 Å². The lowest BCUT2D eigenvalue weighted by atomic mass is 10.1. The summed E-state index contributed by atoms with van der Waals surface area (Å²) < 4.78 is 0. The van der Waals surface area contributed by atoms with Crippen molar-refractivity contribution in [2.24, 2.45) is 0 Å². The monoisotopic (exact) mass is 398 g/mol. The average molecular weight is 399 g/mol. The first-order chi connectivity index (χ1) is 13.6. The van der Waals surface area contributed by atoms with Crippen LogP contribution in [-0.2, 0) is 14.4 Å². The highest BCUT2D eigenvalue weighted by molar-refractivity contribution is 5.84. The lowest BCUT2D eigenvalue weighted by molar-refractivity contribution is -0.137. The number of carbonyl (C=O) groups is 3. The zero-order valence-electron chi connectivity index (χ0n) is 17.9. The number of nitrogens with one attached hydrogen (secondary N) is 2. The van der Waals surface area contributed by atoms with E-state index in [1.54, 1.807) is 0 Å². The second-order valence-corrected chi connectivity index (χ2v) is 7.62. The SMILES string of the molecule is CCCCCCCCC(=O)NCC(=O)NCCCCCCCCCCC(=O)O. The Balaban J connectivity index is 3.32. The summed E-state index contributed by atoms with van der Waals surface area (Å²) in [5, 5.41) is 14.1. The Hall–Kier alpha value is -1.59. The van der Waals surface area contributed by atoms with Gasteiger partial charge in [-0.2, -0.15) is 0 Å². The average Bonchev–Trinajstić information content (AvgIpc) is 2.67. The van der Waals surface area contributed by atoms with Gasteiger partial charge < -0.3 is 15.7 Å². The van der Waals surface area contributed by atoms with E-state index in [1.165, 1.54) is 25.7 Å². The normalized spacial score (nSPS) is 10.6. The Kier molecular flexibility index (Phi) is 19.0. The Morgan fingerprint density at radius 3 is 1.68 bits per heavy atom. The molecule has 0 aliphatic carbocycles. The van der Waals surface area contributed by atoms with Gasteiger partial charge in [-0.3, -0.25) is 14.4 Å². The molecular weight excluding hydrogens is 356 g/mol. The third kappa shape index (κ3) is 20.7. The third-order valence-corrected chi connectivity index (χ3v) is 4.84. The molecule has 0 heterocycles.